The largest absolute Gasteiger partial charge is 0.444 e. The van der Waals surface area contributed by atoms with Gasteiger partial charge in [0.25, 0.3) is 0 Å². The quantitative estimate of drug-likeness (QED) is 0.332. The summed E-state index contributed by atoms with van der Waals surface area (Å²) in [7, 11) is 3.70. The van der Waals surface area contributed by atoms with E-state index in [1.54, 1.807) is 18.0 Å². The fraction of sp³-hybridized carbons (Fsp3) is 0.350. The Bertz CT molecular complexity index is 939. The van der Waals surface area contributed by atoms with Crippen molar-refractivity contribution in [3.05, 3.63) is 60.2 Å². The molecule has 1 unspecified atom stereocenters. The molecule has 1 aliphatic heterocycles. The zero-order valence-corrected chi connectivity index (χ0v) is 18.8. The van der Waals surface area contributed by atoms with Crippen LogP contribution in [0.3, 0.4) is 0 Å². The van der Waals surface area contributed by atoms with Gasteiger partial charge in [-0.25, -0.2) is 4.98 Å². The summed E-state index contributed by atoms with van der Waals surface area (Å²) < 4.78 is 13.3. The molecule has 0 spiro atoms. The number of oxazole rings is 1. The van der Waals surface area contributed by atoms with Crippen molar-refractivity contribution in [2.75, 3.05) is 26.7 Å². The molecule has 29 heavy (non-hydrogen) atoms. The molecule has 3 aromatic rings. The number of ether oxygens (including phenoxy) is 1. The first-order valence-electron chi connectivity index (χ1n) is 9.28. The van der Waals surface area contributed by atoms with Gasteiger partial charge in [0.2, 0.25) is 5.89 Å². The first kappa shape index (κ1) is 21.3. The number of nitrogens with one attached hydrogen (secondary N) is 1. The fourth-order valence-corrected chi connectivity index (χ4v) is 3.25. The van der Waals surface area contributed by atoms with Gasteiger partial charge in [0.05, 0.1) is 31.6 Å². The monoisotopic (exact) mass is 508 g/mol. The first-order valence-corrected chi connectivity index (χ1v) is 9.28. The van der Waals surface area contributed by atoms with Crippen LogP contribution in [0.15, 0.2) is 58.4 Å². The molecular weight excluding hydrogens is 483 g/mol. The fourth-order valence-electron chi connectivity index (χ4n) is 3.25. The van der Waals surface area contributed by atoms with Crippen molar-refractivity contribution in [3.63, 3.8) is 0 Å². The molecular formula is C20H25IN6O2. The lowest BCUT2D eigenvalue weighted by Crippen LogP contribution is -2.47. The van der Waals surface area contributed by atoms with Gasteiger partial charge in [-0.15, -0.1) is 24.0 Å². The lowest BCUT2D eigenvalue weighted by atomic mass is 10.1. The lowest BCUT2D eigenvalue weighted by molar-refractivity contribution is -0.00805. The van der Waals surface area contributed by atoms with E-state index in [1.165, 1.54) is 0 Å². The number of morpholine rings is 1. The van der Waals surface area contributed by atoms with E-state index < -0.39 is 0 Å². The summed E-state index contributed by atoms with van der Waals surface area (Å²) in [6.07, 6.45) is 5.51. The van der Waals surface area contributed by atoms with Crippen LogP contribution in [-0.2, 0) is 18.3 Å². The normalized spacial score (nSPS) is 17.1. The van der Waals surface area contributed by atoms with E-state index in [-0.39, 0.29) is 30.1 Å². The van der Waals surface area contributed by atoms with Crippen LogP contribution in [-0.4, -0.2) is 52.4 Å². The van der Waals surface area contributed by atoms with Gasteiger partial charge in [-0.2, -0.15) is 5.10 Å². The van der Waals surface area contributed by atoms with E-state index in [0.29, 0.717) is 19.0 Å². The Morgan fingerprint density at radius 3 is 2.86 bits per heavy atom. The van der Waals surface area contributed by atoms with Crippen molar-refractivity contribution in [2.45, 2.75) is 12.6 Å². The number of aliphatic imine (C=N–C) groups is 1. The van der Waals surface area contributed by atoms with Gasteiger partial charge >= 0.3 is 0 Å². The van der Waals surface area contributed by atoms with Gasteiger partial charge < -0.3 is 19.4 Å². The molecule has 8 nitrogen and oxygen atoms in total. The molecule has 9 heteroatoms. The topological polar surface area (TPSA) is 80.7 Å². The minimum absolute atomic E-state index is 0. The number of rotatable bonds is 4. The van der Waals surface area contributed by atoms with E-state index >= 15 is 0 Å². The molecule has 1 N–H and O–H groups in total. The van der Waals surface area contributed by atoms with E-state index in [1.807, 2.05) is 49.8 Å². The minimum Gasteiger partial charge on any atom is -0.444 e. The number of hydrogen-bond donors (Lipinski definition) is 1. The standard InChI is InChI=1S/C20H24N6O2.HI/c1-21-20(26-8-9-27-18(13-26)16-10-23-25(2)12-16)22-11-17-14-28-19(24-17)15-6-4-3-5-7-15;/h3-7,10,12,14,18H,8-9,11,13H2,1-2H3,(H,21,22);1H. The van der Waals surface area contributed by atoms with Gasteiger partial charge in [0, 0.05) is 38.0 Å². The highest BCUT2D eigenvalue weighted by Crippen LogP contribution is 2.22. The zero-order chi connectivity index (χ0) is 19.3. The Labute approximate surface area is 187 Å². The Morgan fingerprint density at radius 1 is 1.31 bits per heavy atom. The molecule has 0 amide bonds. The second-order valence-electron chi connectivity index (χ2n) is 6.66. The third kappa shape index (κ3) is 5.15. The van der Waals surface area contributed by atoms with E-state index in [0.717, 1.165) is 35.9 Å². The van der Waals surface area contributed by atoms with Gasteiger partial charge in [-0.05, 0) is 12.1 Å². The van der Waals surface area contributed by atoms with E-state index in [4.69, 9.17) is 9.15 Å². The summed E-state index contributed by atoms with van der Waals surface area (Å²) in [5.41, 5.74) is 2.87. The van der Waals surface area contributed by atoms with Crippen LogP contribution in [0.4, 0.5) is 0 Å². The van der Waals surface area contributed by atoms with Gasteiger partial charge in [-0.1, -0.05) is 18.2 Å². The number of aryl methyl sites for hydroxylation is 1. The molecule has 0 saturated carbocycles. The Morgan fingerprint density at radius 2 is 2.14 bits per heavy atom. The first-order chi connectivity index (χ1) is 13.7. The second kappa shape index (κ2) is 9.88. The number of benzene rings is 1. The predicted octanol–water partition coefficient (Wildman–Crippen LogP) is 2.84. The lowest BCUT2D eigenvalue weighted by Gasteiger charge is -2.34. The van der Waals surface area contributed by atoms with Crippen LogP contribution in [0.1, 0.15) is 17.4 Å². The third-order valence-corrected chi connectivity index (χ3v) is 4.67. The molecule has 0 radical (unpaired) electrons. The average molecular weight is 508 g/mol. The van der Waals surface area contributed by atoms with Gasteiger partial charge in [0.15, 0.2) is 5.96 Å². The van der Waals surface area contributed by atoms with Crippen molar-refractivity contribution in [1.82, 2.24) is 25.0 Å². The number of nitrogens with zero attached hydrogens (tertiary/aromatic N) is 5. The van der Waals surface area contributed by atoms with Crippen LogP contribution >= 0.6 is 24.0 Å². The van der Waals surface area contributed by atoms with Crippen LogP contribution in [0.2, 0.25) is 0 Å². The number of hydrogen-bond acceptors (Lipinski definition) is 5. The molecule has 1 fully saturated rings. The highest BCUT2D eigenvalue weighted by atomic mass is 127. The number of guanidine groups is 1. The molecule has 4 rings (SSSR count). The van der Waals surface area contributed by atoms with Gasteiger partial charge in [-0.3, -0.25) is 9.67 Å². The molecule has 3 heterocycles. The molecule has 1 atom stereocenters. The van der Waals surface area contributed by atoms with Crippen LogP contribution in [0.25, 0.3) is 11.5 Å². The molecule has 154 valence electrons. The smallest absolute Gasteiger partial charge is 0.226 e. The maximum atomic E-state index is 5.91. The maximum Gasteiger partial charge on any atom is 0.226 e. The average Bonchev–Trinajstić information content (AvgIpc) is 3.39. The molecule has 0 aliphatic carbocycles. The highest BCUT2D eigenvalue weighted by Gasteiger charge is 2.25. The molecule has 0 bridgehead atoms. The van der Waals surface area contributed by atoms with Crippen molar-refractivity contribution < 1.29 is 9.15 Å². The van der Waals surface area contributed by atoms with Crippen LogP contribution < -0.4 is 5.32 Å². The van der Waals surface area contributed by atoms with Crippen molar-refractivity contribution in [2.24, 2.45) is 12.0 Å². The summed E-state index contributed by atoms with van der Waals surface area (Å²) in [5.74, 6) is 1.44. The van der Waals surface area contributed by atoms with Crippen LogP contribution in [0.5, 0.6) is 0 Å². The Kier molecular flexibility index (Phi) is 7.26. The maximum absolute atomic E-state index is 5.91. The SMILES string of the molecule is CN=C(NCc1coc(-c2ccccc2)n1)N1CCOC(c2cnn(C)c2)C1.I. The molecule has 1 aliphatic rings. The molecule has 2 aromatic heterocycles. The molecule has 1 saturated heterocycles. The summed E-state index contributed by atoms with van der Waals surface area (Å²) in [5, 5.41) is 7.61. The predicted molar refractivity (Wildman–Crippen MR) is 121 cm³/mol. The minimum atomic E-state index is -0.0160. The number of aromatic nitrogens is 3. The van der Waals surface area contributed by atoms with Gasteiger partial charge in [0.1, 0.15) is 12.4 Å². The summed E-state index contributed by atoms with van der Waals surface area (Å²) in [6.45, 7) is 2.68. The van der Waals surface area contributed by atoms with E-state index in [2.05, 4.69) is 25.3 Å². The Hall–Kier alpha value is -2.40. The van der Waals surface area contributed by atoms with Crippen LogP contribution in [0, 0.1) is 0 Å². The zero-order valence-electron chi connectivity index (χ0n) is 16.5. The van der Waals surface area contributed by atoms with Crippen molar-refractivity contribution in [1.29, 1.82) is 0 Å². The van der Waals surface area contributed by atoms with Crippen molar-refractivity contribution in [3.8, 4) is 11.5 Å². The van der Waals surface area contributed by atoms with E-state index in [9.17, 15) is 0 Å². The third-order valence-electron chi connectivity index (χ3n) is 4.67. The summed E-state index contributed by atoms with van der Waals surface area (Å²) in [4.78, 5) is 11.2. The number of halogens is 1. The molecule has 1 aromatic carbocycles. The highest BCUT2D eigenvalue weighted by molar-refractivity contribution is 14.0. The summed E-state index contributed by atoms with van der Waals surface area (Å²) >= 11 is 0. The second-order valence-corrected chi connectivity index (χ2v) is 6.66. The Balaban J connectivity index is 0.00000240. The summed E-state index contributed by atoms with van der Waals surface area (Å²) in [6, 6.07) is 9.87. The van der Waals surface area contributed by atoms with Crippen molar-refractivity contribution >= 4 is 29.9 Å².